The van der Waals surface area contributed by atoms with Crippen LogP contribution in [0.5, 0.6) is 0 Å². The number of amides is 2. The average molecular weight is 375 g/mol. The Bertz CT molecular complexity index is 804. The lowest BCUT2D eigenvalue weighted by Gasteiger charge is -2.37. The van der Waals surface area contributed by atoms with Crippen LogP contribution in [0.2, 0.25) is 0 Å². The third kappa shape index (κ3) is 3.45. The molecule has 1 aromatic rings. The smallest absolute Gasteiger partial charge is 0.407 e. The van der Waals surface area contributed by atoms with Gasteiger partial charge in [0.05, 0.1) is 19.2 Å². The molecule has 0 aliphatic carbocycles. The zero-order chi connectivity index (χ0) is 19.0. The molecule has 3 fully saturated rings. The van der Waals surface area contributed by atoms with Crippen LogP contribution in [0.3, 0.4) is 0 Å². The first kappa shape index (κ1) is 18.0. The van der Waals surface area contributed by atoms with E-state index in [-0.39, 0.29) is 23.1 Å². The molecule has 3 aliphatic heterocycles. The quantitative estimate of drug-likeness (QED) is 0.853. The number of carbonyl (C=O) groups is 2. The Labute approximate surface area is 157 Å². The standard InChI is InChI=1S/C19H25N3O5/c1-13-4-7-22(11-14-3-2-10-26-14)17(24)15(13)16(23)21-8-5-19(6-9-21)12-20-18(25)27-19/h4,7,14H,2-3,5-6,8-12H2,1H3,(H,20,25). The number of aromatic nitrogens is 1. The molecule has 1 unspecified atom stereocenters. The molecule has 146 valence electrons. The molecule has 8 heteroatoms. The summed E-state index contributed by atoms with van der Waals surface area (Å²) in [5.74, 6) is -0.244. The first-order valence-corrected chi connectivity index (χ1v) is 9.55. The van der Waals surface area contributed by atoms with Gasteiger partial charge in [0.15, 0.2) is 0 Å². The van der Waals surface area contributed by atoms with Crippen molar-refractivity contribution < 1.29 is 19.1 Å². The molecular formula is C19H25N3O5. The topological polar surface area (TPSA) is 89.9 Å². The molecule has 0 aromatic carbocycles. The van der Waals surface area contributed by atoms with Crippen LogP contribution in [0.25, 0.3) is 0 Å². The van der Waals surface area contributed by atoms with Crippen molar-refractivity contribution in [2.24, 2.45) is 0 Å². The highest BCUT2D eigenvalue weighted by atomic mass is 16.6. The van der Waals surface area contributed by atoms with Crippen LogP contribution in [0, 0.1) is 6.92 Å². The molecule has 4 heterocycles. The summed E-state index contributed by atoms with van der Waals surface area (Å²) in [7, 11) is 0. The van der Waals surface area contributed by atoms with Crippen LogP contribution < -0.4 is 10.9 Å². The van der Waals surface area contributed by atoms with Gasteiger partial charge in [-0.15, -0.1) is 0 Å². The molecule has 2 amide bonds. The SMILES string of the molecule is Cc1ccn(CC2CCCO2)c(=O)c1C(=O)N1CCC2(CC1)CNC(=O)O2. The minimum Gasteiger partial charge on any atom is -0.441 e. The van der Waals surface area contributed by atoms with Crippen LogP contribution in [-0.2, 0) is 16.0 Å². The zero-order valence-corrected chi connectivity index (χ0v) is 15.5. The monoisotopic (exact) mass is 375 g/mol. The number of aryl methyl sites for hydroxylation is 1. The van der Waals surface area contributed by atoms with Crippen LogP contribution in [0.4, 0.5) is 4.79 Å². The first-order chi connectivity index (χ1) is 13.0. The lowest BCUT2D eigenvalue weighted by atomic mass is 9.91. The Morgan fingerprint density at radius 3 is 2.74 bits per heavy atom. The fourth-order valence-corrected chi connectivity index (χ4v) is 4.13. The number of nitrogens with zero attached hydrogens (tertiary/aromatic N) is 2. The number of carbonyl (C=O) groups excluding carboxylic acids is 2. The summed E-state index contributed by atoms with van der Waals surface area (Å²) in [4.78, 5) is 39.0. The van der Waals surface area contributed by atoms with E-state index in [0.717, 1.165) is 19.4 Å². The van der Waals surface area contributed by atoms with Crippen molar-refractivity contribution in [1.82, 2.24) is 14.8 Å². The molecule has 0 bridgehead atoms. The van der Waals surface area contributed by atoms with Crippen molar-refractivity contribution in [2.75, 3.05) is 26.2 Å². The highest BCUT2D eigenvalue weighted by Crippen LogP contribution is 2.29. The minimum absolute atomic E-state index is 0.0350. The van der Waals surface area contributed by atoms with E-state index in [1.54, 1.807) is 22.6 Å². The zero-order valence-electron chi connectivity index (χ0n) is 15.5. The van der Waals surface area contributed by atoms with Gasteiger partial charge in [-0.05, 0) is 31.4 Å². The number of ether oxygens (including phenoxy) is 2. The molecule has 4 rings (SSSR count). The van der Waals surface area contributed by atoms with Crippen molar-refractivity contribution in [2.45, 2.75) is 50.9 Å². The molecule has 1 spiro atoms. The van der Waals surface area contributed by atoms with Gasteiger partial charge in [0, 0.05) is 38.7 Å². The van der Waals surface area contributed by atoms with Gasteiger partial charge < -0.3 is 24.3 Å². The first-order valence-electron chi connectivity index (χ1n) is 9.55. The summed E-state index contributed by atoms with van der Waals surface area (Å²) >= 11 is 0. The number of hydrogen-bond acceptors (Lipinski definition) is 5. The van der Waals surface area contributed by atoms with Crippen molar-refractivity contribution in [3.05, 3.63) is 33.7 Å². The minimum atomic E-state index is -0.514. The van der Waals surface area contributed by atoms with Gasteiger partial charge in [-0.3, -0.25) is 9.59 Å². The number of pyridine rings is 1. The normalized spacial score (nSPS) is 24.1. The second kappa shape index (κ2) is 6.99. The number of rotatable bonds is 3. The van der Waals surface area contributed by atoms with E-state index in [4.69, 9.17) is 9.47 Å². The van der Waals surface area contributed by atoms with E-state index < -0.39 is 11.7 Å². The van der Waals surface area contributed by atoms with Crippen LogP contribution in [0.1, 0.15) is 41.6 Å². The summed E-state index contributed by atoms with van der Waals surface area (Å²) in [6, 6.07) is 1.82. The molecule has 0 saturated carbocycles. The van der Waals surface area contributed by atoms with Gasteiger partial charge in [-0.1, -0.05) is 0 Å². The van der Waals surface area contributed by atoms with Gasteiger partial charge in [-0.25, -0.2) is 4.79 Å². The van der Waals surface area contributed by atoms with E-state index in [1.165, 1.54) is 0 Å². The molecule has 1 aromatic heterocycles. The van der Waals surface area contributed by atoms with Crippen LogP contribution in [-0.4, -0.2) is 59.4 Å². The largest absolute Gasteiger partial charge is 0.441 e. The predicted octanol–water partition coefficient (Wildman–Crippen LogP) is 1.05. The van der Waals surface area contributed by atoms with E-state index in [1.807, 2.05) is 6.07 Å². The van der Waals surface area contributed by atoms with Crippen LogP contribution >= 0.6 is 0 Å². The van der Waals surface area contributed by atoms with Gasteiger partial charge in [0.1, 0.15) is 11.2 Å². The second-order valence-electron chi connectivity index (χ2n) is 7.68. The summed E-state index contributed by atoms with van der Waals surface area (Å²) in [5.41, 5.74) is 0.139. The Morgan fingerprint density at radius 1 is 1.33 bits per heavy atom. The Hall–Kier alpha value is -2.35. The molecule has 0 radical (unpaired) electrons. The highest BCUT2D eigenvalue weighted by Gasteiger charge is 2.44. The summed E-state index contributed by atoms with van der Waals surface area (Å²) in [6.07, 6.45) is 4.47. The summed E-state index contributed by atoms with van der Waals surface area (Å²) in [5, 5.41) is 2.69. The van der Waals surface area contributed by atoms with Crippen LogP contribution in [0.15, 0.2) is 17.1 Å². The van der Waals surface area contributed by atoms with E-state index >= 15 is 0 Å². The third-order valence-electron chi connectivity index (χ3n) is 5.84. The number of nitrogens with one attached hydrogen (secondary N) is 1. The van der Waals surface area contributed by atoms with Gasteiger partial charge in [0.25, 0.3) is 11.5 Å². The number of likely N-dealkylation sites (tertiary alicyclic amines) is 1. The second-order valence-corrected chi connectivity index (χ2v) is 7.68. The van der Waals surface area contributed by atoms with E-state index in [2.05, 4.69) is 5.32 Å². The summed E-state index contributed by atoms with van der Waals surface area (Å²) in [6.45, 7) is 4.41. The maximum Gasteiger partial charge on any atom is 0.407 e. The highest BCUT2D eigenvalue weighted by molar-refractivity contribution is 5.95. The fraction of sp³-hybridized carbons (Fsp3) is 0.632. The number of hydrogen-bond donors (Lipinski definition) is 1. The molecule has 27 heavy (non-hydrogen) atoms. The lowest BCUT2D eigenvalue weighted by Crippen LogP contribution is -2.49. The van der Waals surface area contributed by atoms with Crippen molar-refractivity contribution in [1.29, 1.82) is 0 Å². The molecule has 1 atom stereocenters. The average Bonchev–Trinajstić information content (AvgIpc) is 3.28. The Morgan fingerprint density at radius 2 is 2.11 bits per heavy atom. The van der Waals surface area contributed by atoms with Gasteiger partial charge in [0.2, 0.25) is 0 Å². The lowest BCUT2D eigenvalue weighted by molar-refractivity contribution is 0.00320. The number of piperidine rings is 1. The molecule has 3 saturated heterocycles. The predicted molar refractivity (Wildman–Crippen MR) is 96.8 cm³/mol. The maximum absolute atomic E-state index is 13.1. The van der Waals surface area contributed by atoms with Crippen molar-refractivity contribution in [3.8, 4) is 0 Å². The van der Waals surface area contributed by atoms with E-state index in [9.17, 15) is 14.4 Å². The molecular weight excluding hydrogens is 350 g/mol. The van der Waals surface area contributed by atoms with E-state index in [0.29, 0.717) is 44.6 Å². The molecule has 1 N–H and O–H groups in total. The molecule has 3 aliphatic rings. The summed E-state index contributed by atoms with van der Waals surface area (Å²) < 4.78 is 12.6. The van der Waals surface area contributed by atoms with Gasteiger partial charge in [-0.2, -0.15) is 0 Å². The maximum atomic E-state index is 13.1. The van der Waals surface area contributed by atoms with Gasteiger partial charge >= 0.3 is 6.09 Å². The fourth-order valence-electron chi connectivity index (χ4n) is 4.13. The Balaban J connectivity index is 1.50. The van der Waals surface area contributed by atoms with Crippen molar-refractivity contribution >= 4 is 12.0 Å². The Kier molecular flexibility index (Phi) is 4.67. The third-order valence-corrected chi connectivity index (χ3v) is 5.84. The number of alkyl carbamates (subject to hydrolysis) is 1. The molecule has 8 nitrogen and oxygen atoms in total. The van der Waals surface area contributed by atoms with Crippen molar-refractivity contribution in [3.63, 3.8) is 0 Å².